The van der Waals surface area contributed by atoms with Gasteiger partial charge >= 0.3 is 5.97 Å². The molecule has 0 unspecified atom stereocenters. The van der Waals surface area contributed by atoms with Gasteiger partial charge in [0.1, 0.15) is 6.61 Å². The number of ether oxygens (including phenoxy) is 1. The molecule has 0 amide bonds. The van der Waals surface area contributed by atoms with E-state index in [1.54, 1.807) is 23.5 Å². The Kier molecular flexibility index (Phi) is 4.45. The number of carbonyl (C=O) groups excluding carboxylic acids is 1. The number of benzene rings is 1. The highest BCUT2D eigenvalue weighted by atomic mass is 35.5. The number of nitrogen functional groups attached to an aromatic ring is 1. The van der Waals surface area contributed by atoms with Crippen LogP contribution in [0, 0.1) is 0 Å². The van der Waals surface area contributed by atoms with Gasteiger partial charge in [-0.05, 0) is 36.8 Å². The lowest BCUT2D eigenvalue weighted by Crippen LogP contribution is -2.05. The maximum absolute atomic E-state index is 11.8. The minimum Gasteiger partial charge on any atom is -0.456 e. The normalized spacial score (nSPS) is 10.4. The molecule has 2 N–H and O–H groups in total. The molecule has 0 saturated carbocycles. The summed E-state index contributed by atoms with van der Waals surface area (Å²) < 4.78 is 5.24. The lowest BCUT2D eigenvalue weighted by Gasteiger charge is -2.05. The maximum Gasteiger partial charge on any atom is 0.338 e. The molecule has 0 bridgehead atoms. The molecule has 100 valence electrons. The summed E-state index contributed by atoms with van der Waals surface area (Å²) in [6.07, 6.45) is 0.992. The summed E-state index contributed by atoms with van der Waals surface area (Å²) in [6, 6.07) is 8.75. The largest absolute Gasteiger partial charge is 0.456 e. The highest BCUT2D eigenvalue weighted by Gasteiger charge is 2.10. The van der Waals surface area contributed by atoms with E-state index in [1.807, 2.05) is 12.1 Å². The molecule has 0 atom stereocenters. The lowest BCUT2D eigenvalue weighted by atomic mass is 10.2. The number of hydrogen-bond acceptors (Lipinski definition) is 4. The van der Waals surface area contributed by atoms with E-state index in [2.05, 4.69) is 6.92 Å². The maximum atomic E-state index is 11.8. The number of thiophene rings is 1. The average molecular weight is 296 g/mol. The van der Waals surface area contributed by atoms with Gasteiger partial charge in [-0.2, -0.15) is 0 Å². The van der Waals surface area contributed by atoms with Gasteiger partial charge in [-0.1, -0.05) is 18.5 Å². The minimum absolute atomic E-state index is 0.284. The molecule has 1 aromatic heterocycles. The molecule has 0 spiro atoms. The van der Waals surface area contributed by atoms with Gasteiger partial charge in [0.25, 0.3) is 0 Å². The third-order valence-corrected chi connectivity index (χ3v) is 4.19. The molecule has 0 radical (unpaired) electrons. The van der Waals surface area contributed by atoms with E-state index in [-0.39, 0.29) is 6.61 Å². The topological polar surface area (TPSA) is 52.3 Å². The molecule has 3 nitrogen and oxygen atoms in total. The smallest absolute Gasteiger partial charge is 0.338 e. The van der Waals surface area contributed by atoms with Crippen LogP contribution < -0.4 is 5.73 Å². The van der Waals surface area contributed by atoms with Crippen LogP contribution in [0.4, 0.5) is 5.69 Å². The van der Waals surface area contributed by atoms with Crippen molar-refractivity contribution in [1.29, 1.82) is 0 Å². The van der Waals surface area contributed by atoms with Crippen molar-refractivity contribution in [1.82, 2.24) is 0 Å². The van der Waals surface area contributed by atoms with Crippen molar-refractivity contribution in [2.75, 3.05) is 5.73 Å². The second-order valence-corrected chi connectivity index (χ2v) is 5.69. The molecule has 1 aromatic carbocycles. The number of esters is 1. The van der Waals surface area contributed by atoms with Crippen LogP contribution in [0.1, 0.15) is 27.0 Å². The van der Waals surface area contributed by atoms with Crippen LogP contribution in [-0.4, -0.2) is 5.97 Å². The Hall–Kier alpha value is -1.52. The van der Waals surface area contributed by atoms with Crippen molar-refractivity contribution in [3.8, 4) is 0 Å². The first-order chi connectivity index (χ1) is 9.10. The second-order valence-electron chi connectivity index (χ2n) is 4.03. The summed E-state index contributed by atoms with van der Waals surface area (Å²) in [4.78, 5) is 14.2. The Bertz CT molecular complexity index is 595. The van der Waals surface area contributed by atoms with E-state index in [4.69, 9.17) is 22.1 Å². The van der Waals surface area contributed by atoms with Gasteiger partial charge in [0.2, 0.25) is 0 Å². The van der Waals surface area contributed by atoms with E-state index < -0.39 is 5.97 Å². The summed E-state index contributed by atoms with van der Waals surface area (Å²) in [5.41, 5.74) is 6.44. The van der Waals surface area contributed by atoms with Gasteiger partial charge in [0.05, 0.1) is 16.3 Å². The van der Waals surface area contributed by atoms with Crippen LogP contribution in [0.25, 0.3) is 0 Å². The monoisotopic (exact) mass is 295 g/mol. The number of rotatable bonds is 4. The fourth-order valence-corrected chi connectivity index (χ4v) is 2.57. The highest BCUT2D eigenvalue weighted by molar-refractivity contribution is 7.11. The number of aryl methyl sites for hydroxylation is 1. The van der Waals surface area contributed by atoms with Gasteiger partial charge in [0.15, 0.2) is 0 Å². The van der Waals surface area contributed by atoms with Crippen LogP contribution in [0.15, 0.2) is 30.3 Å². The number of nitrogens with two attached hydrogens (primary N) is 1. The number of halogens is 1. The zero-order valence-corrected chi connectivity index (χ0v) is 12.1. The molecule has 0 fully saturated rings. The van der Waals surface area contributed by atoms with Crippen molar-refractivity contribution in [2.45, 2.75) is 20.0 Å². The zero-order valence-electron chi connectivity index (χ0n) is 10.5. The van der Waals surface area contributed by atoms with Crippen LogP contribution in [0.5, 0.6) is 0 Å². The van der Waals surface area contributed by atoms with Crippen molar-refractivity contribution >= 4 is 34.6 Å². The first-order valence-electron chi connectivity index (χ1n) is 5.90. The Morgan fingerprint density at radius 3 is 2.68 bits per heavy atom. The fraction of sp³-hybridized carbons (Fsp3) is 0.214. The molecule has 0 aliphatic rings. The minimum atomic E-state index is -0.394. The van der Waals surface area contributed by atoms with E-state index in [0.29, 0.717) is 16.3 Å². The third-order valence-electron chi connectivity index (χ3n) is 2.64. The summed E-state index contributed by atoms with van der Waals surface area (Å²) in [5.74, 6) is -0.394. The standard InChI is InChI=1S/C14H14ClNO2S/c1-2-10-4-5-11(19-10)8-18-14(17)9-3-6-12(15)13(16)7-9/h3-7H,2,8,16H2,1H3. The molecule has 2 rings (SSSR count). The number of hydrogen-bond donors (Lipinski definition) is 1. The summed E-state index contributed by atoms with van der Waals surface area (Å²) in [6.45, 7) is 2.38. The zero-order chi connectivity index (χ0) is 13.8. The quantitative estimate of drug-likeness (QED) is 0.687. The van der Waals surface area contributed by atoms with E-state index in [9.17, 15) is 4.79 Å². The summed E-state index contributed by atoms with van der Waals surface area (Å²) >= 11 is 7.45. The molecule has 0 aliphatic carbocycles. The third kappa shape index (κ3) is 3.49. The van der Waals surface area contributed by atoms with Gasteiger partial charge in [0, 0.05) is 9.75 Å². The molecule has 1 heterocycles. The SMILES string of the molecule is CCc1ccc(COC(=O)c2ccc(Cl)c(N)c2)s1. The summed E-state index contributed by atoms with van der Waals surface area (Å²) in [5, 5.41) is 0.433. The van der Waals surface area contributed by atoms with Crippen molar-refractivity contribution in [3.63, 3.8) is 0 Å². The Morgan fingerprint density at radius 1 is 1.32 bits per heavy atom. The van der Waals surface area contributed by atoms with Crippen molar-refractivity contribution in [2.24, 2.45) is 0 Å². The molecular weight excluding hydrogens is 282 g/mol. The van der Waals surface area contributed by atoms with Gasteiger partial charge < -0.3 is 10.5 Å². The van der Waals surface area contributed by atoms with Crippen LogP contribution in [-0.2, 0) is 17.8 Å². The molecular formula is C14H14ClNO2S. The van der Waals surface area contributed by atoms with E-state index in [1.165, 1.54) is 10.9 Å². The van der Waals surface area contributed by atoms with E-state index in [0.717, 1.165) is 11.3 Å². The molecule has 5 heteroatoms. The first kappa shape index (κ1) is 13.9. The van der Waals surface area contributed by atoms with Gasteiger partial charge in [-0.15, -0.1) is 11.3 Å². The van der Waals surface area contributed by atoms with Gasteiger partial charge in [-0.25, -0.2) is 4.79 Å². The summed E-state index contributed by atoms with van der Waals surface area (Å²) in [7, 11) is 0. The Morgan fingerprint density at radius 2 is 2.05 bits per heavy atom. The molecule has 2 aromatic rings. The fourth-order valence-electron chi connectivity index (χ4n) is 1.58. The van der Waals surface area contributed by atoms with Crippen molar-refractivity contribution in [3.05, 3.63) is 50.7 Å². The highest BCUT2D eigenvalue weighted by Crippen LogP contribution is 2.21. The van der Waals surface area contributed by atoms with Crippen LogP contribution in [0.3, 0.4) is 0 Å². The Labute approximate surface area is 121 Å². The van der Waals surface area contributed by atoms with Crippen LogP contribution in [0.2, 0.25) is 5.02 Å². The predicted molar refractivity (Wildman–Crippen MR) is 78.7 cm³/mol. The molecule has 19 heavy (non-hydrogen) atoms. The average Bonchev–Trinajstić information content (AvgIpc) is 2.87. The van der Waals surface area contributed by atoms with Crippen molar-refractivity contribution < 1.29 is 9.53 Å². The number of carbonyl (C=O) groups is 1. The molecule has 0 aliphatic heterocycles. The second kappa shape index (κ2) is 6.08. The predicted octanol–water partition coefficient (Wildman–Crippen LogP) is 3.90. The first-order valence-corrected chi connectivity index (χ1v) is 7.09. The lowest BCUT2D eigenvalue weighted by molar-refractivity contribution is 0.0477. The number of anilines is 1. The van der Waals surface area contributed by atoms with E-state index >= 15 is 0 Å². The van der Waals surface area contributed by atoms with Gasteiger partial charge in [-0.3, -0.25) is 0 Å². The Balaban J connectivity index is 1.99. The van der Waals surface area contributed by atoms with Crippen LogP contribution >= 0.6 is 22.9 Å². The molecule has 0 saturated heterocycles.